The first-order valence-corrected chi connectivity index (χ1v) is 13.8. The maximum Gasteiger partial charge on any atom is 0.259 e. The van der Waals surface area contributed by atoms with Gasteiger partial charge >= 0.3 is 0 Å². The first-order valence-electron chi connectivity index (χ1n) is 12.0. The fraction of sp³-hybridized carbons (Fsp3) is 0.296. The number of pyridine rings is 1. The Balaban J connectivity index is 1.54. The number of rotatable bonds is 4. The Morgan fingerprint density at radius 1 is 1.11 bits per heavy atom. The Labute approximate surface area is 209 Å². The molecule has 184 valence electrons. The van der Waals surface area contributed by atoms with Gasteiger partial charge in [-0.05, 0) is 61.7 Å². The molecule has 1 fully saturated rings. The van der Waals surface area contributed by atoms with Crippen LogP contribution in [0.3, 0.4) is 0 Å². The summed E-state index contributed by atoms with van der Waals surface area (Å²) in [5.74, 6) is 0.776. The summed E-state index contributed by atoms with van der Waals surface area (Å²) in [5, 5.41) is 5.38. The third kappa shape index (κ3) is 3.74. The third-order valence-corrected chi connectivity index (χ3v) is 8.89. The lowest BCUT2D eigenvalue weighted by Crippen LogP contribution is -2.29. The number of hydrogen-bond acceptors (Lipinski definition) is 6. The van der Waals surface area contributed by atoms with Crippen molar-refractivity contribution in [2.45, 2.75) is 25.8 Å². The van der Waals surface area contributed by atoms with E-state index in [0.29, 0.717) is 41.0 Å². The lowest BCUT2D eigenvalue weighted by molar-refractivity contribution is 0.0991. The average Bonchev–Trinajstić information content (AvgIpc) is 3.58. The Bertz CT molecular complexity index is 1610. The molecular formula is C27H26N4O4S. The molecule has 2 aromatic heterocycles. The van der Waals surface area contributed by atoms with Gasteiger partial charge in [-0.2, -0.15) is 5.10 Å². The van der Waals surface area contributed by atoms with Crippen LogP contribution < -0.4 is 9.64 Å². The number of sulfone groups is 1. The van der Waals surface area contributed by atoms with Gasteiger partial charge < -0.3 is 9.64 Å². The summed E-state index contributed by atoms with van der Waals surface area (Å²) < 4.78 is 31.5. The number of hydrogen-bond donors (Lipinski definition) is 0. The fourth-order valence-corrected chi connectivity index (χ4v) is 7.00. The average molecular weight is 503 g/mol. The lowest BCUT2D eigenvalue weighted by Gasteiger charge is -2.19. The maximum atomic E-state index is 14.0. The second-order valence-electron chi connectivity index (χ2n) is 9.40. The highest BCUT2D eigenvalue weighted by Crippen LogP contribution is 2.35. The quantitative estimate of drug-likeness (QED) is 0.419. The molecule has 0 bridgehead atoms. The topological polar surface area (TPSA) is 94.4 Å². The van der Waals surface area contributed by atoms with Crippen molar-refractivity contribution in [1.29, 1.82) is 0 Å². The number of ether oxygens (including phenoxy) is 1. The number of amides is 1. The summed E-state index contributed by atoms with van der Waals surface area (Å²) in [4.78, 5) is 20.8. The minimum atomic E-state index is -3.12. The predicted molar refractivity (Wildman–Crippen MR) is 138 cm³/mol. The smallest absolute Gasteiger partial charge is 0.259 e. The summed E-state index contributed by atoms with van der Waals surface area (Å²) in [7, 11) is -1.51. The van der Waals surface area contributed by atoms with Gasteiger partial charge in [0.1, 0.15) is 5.75 Å². The molecule has 0 radical (unpaired) electrons. The van der Waals surface area contributed by atoms with Crippen molar-refractivity contribution in [2.75, 3.05) is 30.1 Å². The SMILES string of the molecule is COc1ccc(-c2cc(C(=O)N3CCc4ccccc43)c3c(C)nn(C4CCS(=O)(=O)C4)c3n2)cc1. The van der Waals surface area contributed by atoms with Crippen LogP contribution in [0.2, 0.25) is 0 Å². The van der Waals surface area contributed by atoms with Gasteiger partial charge in [-0.15, -0.1) is 0 Å². The zero-order valence-corrected chi connectivity index (χ0v) is 21.0. The molecule has 2 aliphatic rings. The third-order valence-electron chi connectivity index (χ3n) is 7.14. The minimum absolute atomic E-state index is 0.0282. The number of para-hydroxylation sites is 1. The van der Waals surface area contributed by atoms with Gasteiger partial charge in [0.2, 0.25) is 0 Å². The molecule has 4 heterocycles. The van der Waals surface area contributed by atoms with E-state index < -0.39 is 9.84 Å². The van der Waals surface area contributed by atoms with Gasteiger partial charge in [0.25, 0.3) is 5.91 Å². The summed E-state index contributed by atoms with van der Waals surface area (Å²) >= 11 is 0. The molecule has 1 atom stereocenters. The first kappa shape index (κ1) is 22.7. The van der Waals surface area contributed by atoms with E-state index in [1.807, 2.05) is 60.4 Å². The summed E-state index contributed by atoms with van der Waals surface area (Å²) in [6.45, 7) is 2.46. The fourth-order valence-electron chi connectivity index (χ4n) is 5.31. The van der Waals surface area contributed by atoms with E-state index in [1.54, 1.807) is 11.8 Å². The van der Waals surface area contributed by atoms with Crippen LogP contribution in [0.25, 0.3) is 22.3 Å². The summed E-state index contributed by atoms with van der Waals surface area (Å²) in [5.41, 5.74) is 5.26. The largest absolute Gasteiger partial charge is 0.497 e. The Kier molecular flexibility index (Phi) is 5.33. The van der Waals surface area contributed by atoms with E-state index in [0.717, 1.165) is 29.0 Å². The van der Waals surface area contributed by atoms with Gasteiger partial charge in [0.05, 0.1) is 47.0 Å². The van der Waals surface area contributed by atoms with Crippen molar-refractivity contribution in [2.24, 2.45) is 0 Å². The molecule has 8 nitrogen and oxygen atoms in total. The zero-order valence-electron chi connectivity index (χ0n) is 20.1. The van der Waals surface area contributed by atoms with Crippen molar-refractivity contribution in [3.63, 3.8) is 0 Å². The number of nitrogens with zero attached hydrogens (tertiary/aromatic N) is 4. The number of carbonyl (C=O) groups excluding carboxylic acids is 1. The first-order chi connectivity index (χ1) is 17.3. The highest BCUT2D eigenvalue weighted by atomic mass is 32.2. The van der Waals surface area contributed by atoms with E-state index in [2.05, 4.69) is 6.07 Å². The number of aromatic nitrogens is 3. The Morgan fingerprint density at radius 2 is 1.89 bits per heavy atom. The van der Waals surface area contributed by atoms with Crippen LogP contribution in [0.15, 0.2) is 54.6 Å². The van der Waals surface area contributed by atoms with Crippen molar-refractivity contribution >= 4 is 32.5 Å². The molecule has 36 heavy (non-hydrogen) atoms. The molecule has 1 unspecified atom stereocenters. The summed E-state index contributed by atoms with van der Waals surface area (Å²) in [6, 6.07) is 17.0. The van der Waals surface area contributed by atoms with Gasteiger partial charge in [0.15, 0.2) is 15.5 Å². The molecule has 0 N–H and O–H groups in total. The highest BCUT2D eigenvalue weighted by Gasteiger charge is 2.34. The van der Waals surface area contributed by atoms with Crippen molar-refractivity contribution in [3.05, 3.63) is 71.4 Å². The number of fused-ring (bicyclic) bond motifs is 2. The second-order valence-corrected chi connectivity index (χ2v) is 11.6. The van der Waals surface area contributed by atoms with Crippen LogP contribution >= 0.6 is 0 Å². The van der Waals surface area contributed by atoms with E-state index in [-0.39, 0.29) is 23.5 Å². The lowest BCUT2D eigenvalue weighted by atomic mass is 10.0. The van der Waals surface area contributed by atoms with E-state index >= 15 is 0 Å². The molecule has 0 aliphatic carbocycles. The Hall–Kier alpha value is -3.72. The molecule has 0 spiro atoms. The molecule has 1 saturated heterocycles. The number of carbonyl (C=O) groups is 1. The van der Waals surface area contributed by atoms with E-state index in [1.165, 1.54) is 0 Å². The second kappa shape index (κ2) is 8.44. The summed E-state index contributed by atoms with van der Waals surface area (Å²) in [6.07, 6.45) is 1.29. The van der Waals surface area contributed by atoms with Crippen molar-refractivity contribution in [3.8, 4) is 17.0 Å². The Morgan fingerprint density at radius 3 is 2.61 bits per heavy atom. The van der Waals surface area contributed by atoms with Crippen LogP contribution in [-0.2, 0) is 16.3 Å². The standard InChI is InChI=1S/C27H26N4O4S/c1-17-25-22(27(32)30-13-11-19-5-3-4-6-24(19)30)15-23(18-7-9-21(35-2)10-8-18)28-26(25)31(29-17)20-12-14-36(33,34)16-20/h3-10,15,20H,11-14,16H2,1-2H3. The van der Waals surface area contributed by atoms with Crippen LogP contribution in [0.5, 0.6) is 5.75 Å². The van der Waals surface area contributed by atoms with Crippen molar-refractivity contribution < 1.29 is 17.9 Å². The van der Waals surface area contributed by atoms with Gasteiger partial charge in [-0.3, -0.25) is 4.79 Å². The number of aryl methyl sites for hydroxylation is 1. The monoisotopic (exact) mass is 502 g/mol. The number of benzene rings is 2. The van der Waals surface area contributed by atoms with Gasteiger partial charge in [-0.25, -0.2) is 18.1 Å². The molecule has 2 aliphatic heterocycles. The number of methoxy groups -OCH3 is 1. The maximum absolute atomic E-state index is 14.0. The molecule has 2 aromatic carbocycles. The molecule has 0 saturated carbocycles. The minimum Gasteiger partial charge on any atom is -0.497 e. The predicted octanol–water partition coefficient (Wildman–Crippen LogP) is 3.98. The van der Waals surface area contributed by atoms with Gasteiger partial charge in [0, 0.05) is 17.8 Å². The molecule has 6 rings (SSSR count). The van der Waals surface area contributed by atoms with E-state index in [9.17, 15) is 13.2 Å². The van der Waals surface area contributed by atoms with Crippen LogP contribution in [0, 0.1) is 6.92 Å². The highest BCUT2D eigenvalue weighted by molar-refractivity contribution is 7.91. The molecule has 9 heteroatoms. The number of anilines is 1. The van der Waals surface area contributed by atoms with E-state index in [4.69, 9.17) is 14.8 Å². The molecular weight excluding hydrogens is 476 g/mol. The normalized spacial score (nSPS) is 18.5. The zero-order chi connectivity index (χ0) is 25.0. The van der Waals surface area contributed by atoms with Crippen LogP contribution in [0.4, 0.5) is 5.69 Å². The van der Waals surface area contributed by atoms with Crippen molar-refractivity contribution in [1.82, 2.24) is 14.8 Å². The van der Waals surface area contributed by atoms with Gasteiger partial charge in [-0.1, -0.05) is 18.2 Å². The molecule has 1 amide bonds. The van der Waals surface area contributed by atoms with Crippen LogP contribution in [0.1, 0.15) is 34.1 Å². The molecule has 4 aromatic rings. The van der Waals surface area contributed by atoms with Crippen LogP contribution in [-0.4, -0.2) is 54.2 Å².